The molecule has 0 radical (unpaired) electrons. The van der Waals surface area contributed by atoms with Crippen LogP contribution >= 0.6 is 0 Å². The fourth-order valence-electron chi connectivity index (χ4n) is 2.32. The van der Waals surface area contributed by atoms with E-state index in [-0.39, 0.29) is 0 Å². The lowest BCUT2D eigenvalue weighted by molar-refractivity contribution is 0.333. The third kappa shape index (κ3) is 4.52. The van der Waals surface area contributed by atoms with Crippen LogP contribution in [0.25, 0.3) is 0 Å². The van der Waals surface area contributed by atoms with Crippen molar-refractivity contribution in [1.82, 2.24) is 0 Å². The highest BCUT2D eigenvalue weighted by atomic mass is 16.5. The molecule has 0 aliphatic carbocycles. The van der Waals surface area contributed by atoms with Gasteiger partial charge in [0.25, 0.3) is 0 Å². The third-order valence-corrected chi connectivity index (χ3v) is 3.61. The van der Waals surface area contributed by atoms with E-state index in [2.05, 4.69) is 63.3 Å². The van der Waals surface area contributed by atoms with Gasteiger partial charge in [0.05, 0.1) is 0 Å². The fourth-order valence-corrected chi connectivity index (χ4v) is 2.32. The molecule has 0 aliphatic heterocycles. The second-order valence-corrected chi connectivity index (χ2v) is 5.82. The van der Waals surface area contributed by atoms with Crippen LogP contribution in [0.3, 0.4) is 0 Å². The second-order valence-electron chi connectivity index (χ2n) is 5.82. The molecule has 112 valence electrons. The summed E-state index contributed by atoms with van der Waals surface area (Å²) in [6, 6.07) is 14.8. The molecule has 2 aromatic carbocycles. The van der Waals surface area contributed by atoms with E-state index in [9.17, 15) is 0 Å². The van der Waals surface area contributed by atoms with Crippen LogP contribution in [0.5, 0.6) is 5.75 Å². The standard InChI is InChI=1S/C19H25NO/c1-14(2)17-6-8-18(9-7-17)21-12-11-20-19-10-5-15(3)13-16(19)4/h5-10,13-14,20H,11-12H2,1-4H3. The van der Waals surface area contributed by atoms with Crippen LogP contribution in [0.2, 0.25) is 0 Å². The predicted octanol–water partition coefficient (Wildman–Crippen LogP) is 4.92. The highest BCUT2D eigenvalue weighted by Crippen LogP contribution is 2.19. The SMILES string of the molecule is Cc1ccc(NCCOc2ccc(C(C)C)cc2)c(C)c1. The number of rotatable bonds is 6. The summed E-state index contributed by atoms with van der Waals surface area (Å²) in [5.41, 5.74) is 5.09. The molecule has 2 rings (SSSR count). The third-order valence-electron chi connectivity index (χ3n) is 3.61. The molecule has 2 heteroatoms. The first kappa shape index (κ1) is 15.4. The van der Waals surface area contributed by atoms with Gasteiger partial charge in [0.2, 0.25) is 0 Å². The summed E-state index contributed by atoms with van der Waals surface area (Å²) in [4.78, 5) is 0. The Morgan fingerprint density at radius 2 is 1.71 bits per heavy atom. The van der Waals surface area contributed by atoms with Crippen LogP contribution in [0.1, 0.15) is 36.5 Å². The molecule has 0 spiro atoms. The quantitative estimate of drug-likeness (QED) is 0.760. The van der Waals surface area contributed by atoms with E-state index in [1.165, 1.54) is 22.4 Å². The van der Waals surface area contributed by atoms with E-state index >= 15 is 0 Å². The summed E-state index contributed by atoms with van der Waals surface area (Å²) >= 11 is 0. The first-order valence-corrected chi connectivity index (χ1v) is 7.60. The lowest BCUT2D eigenvalue weighted by Crippen LogP contribution is -2.12. The Morgan fingerprint density at radius 1 is 1.00 bits per heavy atom. The van der Waals surface area contributed by atoms with E-state index in [1.807, 2.05) is 12.1 Å². The van der Waals surface area contributed by atoms with Gasteiger partial charge in [0.15, 0.2) is 0 Å². The molecule has 1 N–H and O–H groups in total. The monoisotopic (exact) mass is 283 g/mol. The largest absolute Gasteiger partial charge is 0.492 e. The summed E-state index contributed by atoms with van der Waals surface area (Å²) in [5, 5.41) is 3.42. The molecule has 0 unspecified atom stereocenters. The number of anilines is 1. The van der Waals surface area contributed by atoms with Crippen molar-refractivity contribution in [3.8, 4) is 5.75 Å². The minimum Gasteiger partial charge on any atom is -0.492 e. The van der Waals surface area contributed by atoms with Gasteiger partial charge in [0, 0.05) is 12.2 Å². The van der Waals surface area contributed by atoms with Crippen molar-refractivity contribution in [2.24, 2.45) is 0 Å². The van der Waals surface area contributed by atoms with Gasteiger partial charge in [-0.05, 0) is 49.1 Å². The zero-order chi connectivity index (χ0) is 15.2. The predicted molar refractivity (Wildman–Crippen MR) is 90.4 cm³/mol. The van der Waals surface area contributed by atoms with Gasteiger partial charge < -0.3 is 10.1 Å². The van der Waals surface area contributed by atoms with Crippen molar-refractivity contribution in [1.29, 1.82) is 0 Å². The lowest BCUT2D eigenvalue weighted by Gasteiger charge is -2.12. The number of benzene rings is 2. The van der Waals surface area contributed by atoms with Gasteiger partial charge in [-0.15, -0.1) is 0 Å². The smallest absolute Gasteiger partial charge is 0.119 e. The van der Waals surface area contributed by atoms with Crippen molar-refractivity contribution >= 4 is 5.69 Å². The molecule has 0 saturated heterocycles. The molecule has 0 saturated carbocycles. The van der Waals surface area contributed by atoms with E-state index in [0.29, 0.717) is 12.5 Å². The minimum absolute atomic E-state index is 0.560. The Labute approximate surface area is 128 Å². The molecular weight excluding hydrogens is 258 g/mol. The Morgan fingerprint density at radius 3 is 2.33 bits per heavy atom. The van der Waals surface area contributed by atoms with Gasteiger partial charge in [-0.25, -0.2) is 0 Å². The number of aryl methyl sites for hydroxylation is 2. The summed E-state index contributed by atoms with van der Waals surface area (Å²) in [6.45, 7) is 10.1. The molecule has 2 nitrogen and oxygen atoms in total. The maximum Gasteiger partial charge on any atom is 0.119 e. The molecule has 0 bridgehead atoms. The Kier molecular flexibility index (Phi) is 5.26. The molecule has 0 amide bonds. The highest BCUT2D eigenvalue weighted by molar-refractivity contribution is 5.51. The van der Waals surface area contributed by atoms with Crippen LogP contribution in [0.15, 0.2) is 42.5 Å². The van der Waals surface area contributed by atoms with Crippen LogP contribution in [-0.2, 0) is 0 Å². The molecule has 0 aliphatic rings. The first-order valence-electron chi connectivity index (χ1n) is 7.60. The van der Waals surface area contributed by atoms with Crippen molar-refractivity contribution in [2.75, 3.05) is 18.5 Å². The highest BCUT2D eigenvalue weighted by Gasteiger charge is 2.00. The van der Waals surface area contributed by atoms with E-state index < -0.39 is 0 Å². The maximum atomic E-state index is 5.76. The van der Waals surface area contributed by atoms with Gasteiger partial charge >= 0.3 is 0 Å². The van der Waals surface area contributed by atoms with Crippen LogP contribution in [0.4, 0.5) is 5.69 Å². The average molecular weight is 283 g/mol. The van der Waals surface area contributed by atoms with Gasteiger partial charge in [-0.2, -0.15) is 0 Å². The van der Waals surface area contributed by atoms with Gasteiger partial charge in [0.1, 0.15) is 12.4 Å². The van der Waals surface area contributed by atoms with Crippen LogP contribution < -0.4 is 10.1 Å². The summed E-state index contributed by atoms with van der Waals surface area (Å²) in [7, 11) is 0. The van der Waals surface area contributed by atoms with E-state index in [4.69, 9.17) is 4.74 Å². The van der Waals surface area contributed by atoms with Gasteiger partial charge in [-0.3, -0.25) is 0 Å². The Balaban J connectivity index is 1.79. The molecule has 0 heterocycles. The summed E-state index contributed by atoms with van der Waals surface area (Å²) in [6.07, 6.45) is 0. The summed E-state index contributed by atoms with van der Waals surface area (Å²) < 4.78 is 5.76. The van der Waals surface area contributed by atoms with Crippen molar-refractivity contribution < 1.29 is 4.74 Å². The average Bonchev–Trinajstić information content (AvgIpc) is 2.46. The molecule has 0 fully saturated rings. The van der Waals surface area contributed by atoms with Gasteiger partial charge in [-0.1, -0.05) is 43.7 Å². The zero-order valence-corrected chi connectivity index (χ0v) is 13.4. The second kappa shape index (κ2) is 7.16. The van der Waals surface area contributed by atoms with Crippen molar-refractivity contribution in [2.45, 2.75) is 33.6 Å². The zero-order valence-electron chi connectivity index (χ0n) is 13.4. The van der Waals surface area contributed by atoms with Crippen molar-refractivity contribution in [3.05, 3.63) is 59.2 Å². The fraction of sp³-hybridized carbons (Fsp3) is 0.368. The number of ether oxygens (including phenoxy) is 1. The first-order chi connectivity index (χ1) is 10.1. The number of nitrogens with one attached hydrogen (secondary N) is 1. The molecule has 2 aromatic rings. The lowest BCUT2D eigenvalue weighted by atomic mass is 10.0. The van der Waals surface area contributed by atoms with E-state index in [1.54, 1.807) is 0 Å². The topological polar surface area (TPSA) is 21.3 Å². The Hall–Kier alpha value is -1.96. The normalized spacial score (nSPS) is 10.7. The Bertz CT molecular complexity index is 573. The number of hydrogen-bond acceptors (Lipinski definition) is 2. The molecule has 0 aromatic heterocycles. The number of hydrogen-bond donors (Lipinski definition) is 1. The minimum atomic E-state index is 0.560. The van der Waals surface area contributed by atoms with Crippen LogP contribution in [-0.4, -0.2) is 13.2 Å². The molecular formula is C19H25NO. The van der Waals surface area contributed by atoms with Crippen LogP contribution in [0, 0.1) is 13.8 Å². The van der Waals surface area contributed by atoms with E-state index in [0.717, 1.165) is 12.3 Å². The molecule has 0 atom stereocenters. The summed E-state index contributed by atoms with van der Waals surface area (Å²) in [5.74, 6) is 1.49. The molecule has 21 heavy (non-hydrogen) atoms. The maximum absolute atomic E-state index is 5.76. The van der Waals surface area contributed by atoms with Crippen molar-refractivity contribution in [3.63, 3.8) is 0 Å².